The Morgan fingerprint density at radius 1 is 0.875 bits per heavy atom. The van der Waals surface area contributed by atoms with Crippen LogP contribution in [0.1, 0.15) is 32.4 Å². The van der Waals surface area contributed by atoms with Crippen LogP contribution in [-0.4, -0.2) is 33.4 Å². The first kappa shape index (κ1) is 19.2. The quantitative estimate of drug-likeness (QED) is 0.452. The van der Waals surface area contributed by atoms with E-state index in [2.05, 4.69) is 0 Å². The van der Waals surface area contributed by atoms with E-state index in [4.69, 9.17) is 0 Å². The number of Topliss-reactive ketones (excluding diaryl/α,β-unsaturated/α-hetero) is 1. The summed E-state index contributed by atoms with van der Waals surface area (Å²) in [5.41, 5.74) is 2.92. The monoisotopic (exact) mass is 440 g/mol. The number of hydrogen-bond donors (Lipinski definition) is 0. The van der Waals surface area contributed by atoms with Crippen LogP contribution in [-0.2, 0) is 16.1 Å². The molecule has 0 N–H and O–H groups in total. The highest BCUT2D eigenvalue weighted by Crippen LogP contribution is 2.53. The molecule has 4 atom stereocenters. The number of rotatable bonds is 4. The Bertz CT molecular complexity index is 1250. The molecule has 3 aliphatic heterocycles. The lowest BCUT2D eigenvalue weighted by atomic mass is 9.84. The lowest BCUT2D eigenvalue weighted by Gasteiger charge is -2.35. The number of fused-ring (bicyclic) bond motifs is 5. The van der Waals surface area contributed by atoms with Crippen LogP contribution in [0.4, 0.5) is 0 Å². The summed E-state index contributed by atoms with van der Waals surface area (Å²) in [6.07, 6.45) is 3.86. The molecule has 3 aliphatic rings. The van der Waals surface area contributed by atoms with Gasteiger partial charge in [-0.25, -0.2) is 0 Å². The van der Waals surface area contributed by atoms with Gasteiger partial charge in [-0.1, -0.05) is 60.7 Å². The van der Waals surface area contributed by atoms with Gasteiger partial charge in [-0.3, -0.25) is 19.3 Å². The topological polar surface area (TPSA) is 57.7 Å². The summed E-state index contributed by atoms with van der Waals surface area (Å²) in [5, 5.41) is 1.86. The van der Waals surface area contributed by atoms with Crippen molar-refractivity contribution < 1.29 is 14.4 Å². The minimum Gasteiger partial charge on any atom is -0.358 e. The number of amides is 2. The van der Waals surface area contributed by atoms with Crippen molar-refractivity contribution in [2.45, 2.75) is 18.6 Å². The summed E-state index contributed by atoms with van der Waals surface area (Å²) in [5.74, 6) is -1.80. The normalized spacial score (nSPS) is 25.6. The zero-order chi connectivity index (χ0) is 21.8. The summed E-state index contributed by atoms with van der Waals surface area (Å²) in [4.78, 5) is 44.8. The lowest BCUT2D eigenvalue weighted by Crippen LogP contribution is -2.43. The van der Waals surface area contributed by atoms with Crippen molar-refractivity contribution in [2.24, 2.45) is 11.8 Å². The maximum atomic E-state index is 13.7. The van der Waals surface area contributed by atoms with Crippen molar-refractivity contribution in [3.05, 3.63) is 99.9 Å². The molecule has 0 unspecified atom stereocenters. The Morgan fingerprint density at radius 2 is 1.62 bits per heavy atom. The molecular weight excluding hydrogens is 420 g/mol. The second-order valence-corrected chi connectivity index (χ2v) is 9.37. The van der Waals surface area contributed by atoms with Gasteiger partial charge in [0, 0.05) is 6.20 Å². The number of imide groups is 1. The molecule has 2 amide bonds. The number of nitrogens with zero attached hydrogens (tertiary/aromatic N) is 2. The fourth-order valence-corrected chi connectivity index (χ4v) is 6.10. The highest BCUT2D eigenvalue weighted by molar-refractivity contribution is 7.12. The first-order valence-electron chi connectivity index (χ1n) is 10.7. The van der Waals surface area contributed by atoms with E-state index in [1.54, 1.807) is 6.07 Å². The third-order valence-electron chi connectivity index (χ3n) is 6.77. The smallest absolute Gasteiger partial charge is 0.236 e. The Balaban J connectivity index is 1.45. The maximum absolute atomic E-state index is 13.7. The van der Waals surface area contributed by atoms with Crippen molar-refractivity contribution in [1.29, 1.82) is 0 Å². The SMILES string of the molecule is O=C(c1cccs1)[C@@H]1[C@@H]2C(=O)N(Cc3ccccc3)C(=O)[C@H]2[C@H]2c3ccccc3C=CN12. The fraction of sp³-hybridized carbons (Fsp3) is 0.192. The van der Waals surface area contributed by atoms with Crippen molar-refractivity contribution >= 4 is 35.0 Å². The van der Waals surface area contributed by atoms with E-state index in [9.17, 15) is 14.4 Å². The first-order chi connectivity index (χ1) is 15.6. The average molecular weight is 441 g/mol. The molecule has 2 aromatic carbocycles. The van der Waals surface area contributed by atoms with Crippen LogP contribution in [0.25, 0.3) is 6.08 Å². The molecule has 2 fully saturated rings. The second-order valence-electron chi connectivity index (χ2n) is 8.42. The largest absolute Gasteiger partial charge is 0.358 e. The summed E-state index contributed by atoms with van der Waals surface area (Å²) in [6, 6.07) is 20.1. The van der Waals surface area contributed by atoms with Crippen LogP contribution >= 0.6 is 11.3 Å². The van der Waals surface area contributed by atoms with E-state index in [-0.39, 0.29) is 30.2 Å². The lowest BCUT2D eigenvalue weighted by molar-refractivity contribution is -0.142. The van der Waals surface area contributed by atoms with E-state index in [1.165, 1.54) is 16.2 Å². The predicted octanol–water partition coefficient (Wildman–Crippen LogP) is 4.14. The van der Waals surface area contributed by atoms with Gasteiger partial charge in [-0.15, -0.1) is 11.3 Å². The molecule has 4 heterocycles. The maximum Gasteiger partial charge on any atom is 0.236 e. The molecule has 0 bridgehead atoms. The zero-order valence-corrected chi connectivity index (χ0v) is 17.9. The van der Waals surface area contributed by atoms with E-state index < -0.39 is 17.9 Å². The van der Waals surface area contributed by atoms with Gasteiger partial charge in [0.25, 0.3) is 0 Å². The Hall–Kier alpha value is -3.51. The molecule has 6 rings (SSSR count). The molecule has 2 saturated heterocycles. The van der Waals surface area contributed by atoms with Crippen molar-refractivity contribution in [1.82, 2.24) is 9.80 Å². The van der Waals surface area contributed by atoms with Gasteiger partial charge in [0.15, 0.2) is 5.78 Å². The fourth-order valence-electron chi connectivity index (χ4n) is 5.41. The Morgan fingerprint density at radius 3 is 2.41 bits per heavy atom. The third kappa shape index (κ3) is 2.72. The van der Waals surface area contributed by atoms with Crippen LogP contribution < -0.4 is 0 Å². The van der Waals surface area contributed by atoms with E-state index >= 15 is 0 Å². The van der Waals surface area contributed by atoms with Crippen LogP contribution in [0.2, 0.25) is 0 Å². The van der Waals surface area contributed by atoms with Crippen LogP contribution in [0.5, 0.6) is 0 Å². The number of carbonyl (C=O) groups excluding carboxylic acids is 3. The number of hydrogen-bond acceptors (Lipinski definition) is 5. The molecule has 6 heteroatoms. The van der Waals surface area contributed by atoms with E-state index in [0.29, 0.717) is 4.88 Å². The van der Waals surface area contributed by atoms with Gasteiger partial charge in [0.1, 0.15) is 6.04 Å². The standard InChI is InChI=1S/C26H20N2O3S/c29-24(19-11-6-14-32-19)23-21-20(22-18-10-5-4-9-17(18)12-13-27(22)23)25(30)28(26(21)31)15-16-7-2-1-3-8-16/h1-14,20-23H,15H2/t20-,21-,22-,23+/m1/s1. The summed E-state index contributed by atoms with van der Waals surface area (Å²) in [6.45, 7) is 0.232. The number of likely N-dealkylation sites (tertiary alicyclic amines) is 1. The number of benzene rings is 2. The predicted molar refractivity (Wildman–Crippen MR) is 121 cm³/mol. The minimum absolute atomic E-state index is 0.0933. The zero-order valence-electron chi connectivity index (χ0n) is 17.1. The molecule has 0 saturated carbocycles. The van der Waals surface area contributed by atoms with Crippen LogP contribution in [0, 0.1) is 11.8 Å². The summed E-state index contributed by atoms with van der Waals surface area (Å²) >= 11 is 1.37. The number of thiophene rings is 1. The van der Waals surface area contributed by atoms with Gasteiger partial charge in [0.2, 0.25) is 11.8 Å². The minimum atomic E-state index is -0.693. The third-order valence-corrected chi connectivity index (χ3v) is 7.65. The molecule has 3 aromatic rings. The highest BCUT2D eigenvalue weighted by Gasteiger charge is 2.64. The molecule has 0 aliphatic carbocycles. The number of ketones is 1. The summed E-state index contributed by atoms with van der Waals surface area (Å²) < 4.78 is 0. The van der Waals surface area contributed by atoms with Gasteiger partial charge < -0.3 is 4.90 Å². The van der Waals surface area contributed by atoms with Gasteiger partial charge in [-0.2, -0.15) is 0 Å². The van der Waals surface area contributed by atoms with E-state index in [1.807, 2.05) is 83.2 Å². The van der Waals surface area contributed by atoms with Gasteiger partial charge >= 0.3 is 0 Å². The average Bonchev–Trinajstić information content (AvgIpc) is 3.53. The summed E-state index contributed by atoms with van der Waals surface area (Å²) in [7, 11) is 0. The van der Waals surface area contributed by atoms with Crippen molar-refractivity contribution in [2.75, 3.05) is 0 Å². The first-order valence-corrected chi connectivity index (χ1v) is 11.5. The molecule has 158 valence electrons. The number of carbonyl (C=O) groups is 3. The molecule has 0 spiro atoms. The Kier molecular flexibility index (Phi) is 4.36. The Labute approximate surface area is 189 Å². The van der Waals surface area contributed by atoms with Gasteiger partial charge in [-0.05, 0) is 34.2 Å². The second kappa shape index (κ2) is 7.28. The molecule has 0 radical (unpaired) electrons. The highest BCUT2D eigenvalue weighted by atomic mass is 32.1. The van der Waals surface area contributed by atoms with Gasteiger partial charge in [0.05, 0.1) is 29.3 Å². The molecule has 1 aromatic heterocycles. The molecular formula is C26H20N2O3S. The van der Waals surface area contributed by atoms with Crippen LogP contribution in [0.15, 0.2) is 78.3 Å². The van der Waals surface area contributed by atoms with Crippen LogP contribution in [0.3, 0.4) is 0 Å². The van der Waals surface area contributed by atoms with Crippen molar-refractivity contribution in [3.8, 4) is 0 Å². The van der Waals surface area contributed by atoms with Crippen molar-refractivity contribution in [3.63, 3.8) is 0 Å². The van der Waals surface area contributed by atoms with E-state index in [0.717, 1.165) is 16.7 Å². The molecule has 5 nitrogen and oxygen atoms in total. The molecule has 32 heavy (non-hydrogen) atoms.